The summed E-state index contributed by atoms with van der Waals surface area (Å²) in [6, 6.07) is 47.6. The molecular formula is C59H63NO. The lowest BCUT2D eigenvalue weighted by molar-refractivity contribution is 0.443. The van der Waals surface area contributed by atoms with Gasteiger partial charge in [-0.1, -0.05) is 189 Å². The summed E-state index contributed by atoms with van der Waals surface area (Å²) in [5.74, 6) is 1.08. The fraction of sp³-hybridized carbons (Fsp3) is 0.254. The van der Waals surface area contributed by atoms with Gasteiger partial charge in [-0.15, -0.1) is 0 Å². The Balaban J connectivity index is 0.000000656. The van der Waals surface area contributed by atoms with Gasteiger partial charge in [-0.25, -0.2) is 0 Å². The van der Waals surface area contributed by atoms with Gasteiger partial charge in [0.05, 0.1) is 11.4 Å². The van der Waals surface area contributed by atoms with Crippen molar-refractivity contribution in [2.75, 3.05) is 4.90 Å². The van der Waals surface area contributed by atoms with Crippen molar-refractivity contribution in [3.05, 3.63) is 175 Å². The van der Waals surface area contributed by atoms with Crippen LogP contribution in [0.1, 0.15) is 108 Å². The standard InChI is InChI=1S/C51H45NO.C4H6.2C2H6/c1-31(2)45-29-32(3)38-25-26-39-33(4)30-47(44-28-27-41(45)48(38)49(39)44)52(37-23-21-35(22-24-37)34-13-7-5-8-14-34)46-20-12-19-43-42-18-11-17-40(50(42)53-51(43)46)36-15-9-6-10-16-36;1-3-4-2;2*1-2/h6,9-12,15-31,34H,5,7-8,13-14H2,1-4H3;3-4H,1-2H2;2*1-2H3. The smallest absolute Gasteiger partial charge is 0.159 e. The molecule has 0 spiro atoms. The van der Waals surface area contributed by atoms with Crippen LogP contribution >= 0.6 is 0 Å². The first kappa shape index (κ1) is 43.0. The zero-order valence-electron chi connectivity index (χ0n) is 37.7. The molecule has 61 heavy (non-hydrogen) atoms. The lowest BCUT2D eigenvalue weighted by Crippen LogP contribution is -2.12. The highest BCUT2D eigenvalue weighted by Gasteiger charge is 2.25. The molecule has 1 aromatic heterocycles. The number of benzene rings is 8. The molecule has 1 aliphatic rings. The van der Waals surface area contributed by atoms with Crippen molar-refractivity contribution in [3.63, 3.8) is 0 Å². The van der Waals surface area contributed by atoms with Gasteiger partial charge in [0.15, 0.2) is 5.58 Å². The van der Waals surface area contributed by atoms with Crippen molar-refractivity contribution in [3.8, 4) is 11.1 Å². The molecule has 0 unspecified atom stereocenters. The molecular weight excluding hydrogens is 739 g/mol. The van der Waals surface area contributed by atoms with Crippen LogP contribution < -0.4 is 4.90 Å². The molecule has 0 radical (unpaired) electrons. The highest BCUT2D eigenvalue weighted by atomic mass is 16.3. The molecule has 0 amide bonds. The Hall–Kier alpha value is -6.12. The number of aryl methyl sites for hydroxylation is 2. The molecule has 9 aromatic rings. The quantitative estimate of drug-likeness (QED) is 0.118. The van der Waals surface area contributed by atoms with Crippen molar-refractivity contribution in [2.45, 2.75) is 99.3 Å². The Bertz CT molecular complexity index is 2900. The van der Waals surface area contributed by atoms with Crippen molar-refractivity contribution < 1.29 is 4.42 Å². The minimum atomic E-state index is 0.435. The fourth-order valence-corrected chi connectivity index (χ4v) is 9.58. The van der Waals surface area contributed by atoms with E-state index < -0.39 is 0 Å². The number of allylic oxidation sites excluding steroid dienone is 2. The van der Waals surface area contributed by atoms with Gasteiger partial charge in [-0.2, -0.15) is 0 Å². The minimum absolute atomic E-state index is 0.435. The maximum absolute atomic E-state index is 7.08. The van der Waals surface area contributed by atoms with Crippen molar-refractivity contribution in [2.24, 2.45) is 0 Å². The molecule has 0 saturated heterocycles. The SMILES string of the molecule is C=CC=C.CC.CC.Cc1cc(C(C)C)c2ccc3c(N(c4ccc(C5CCCCC5)cc4)c4cccc5c4oc4c(-c6ccccc6)cccc45)cc(C)c4ccc1c2c43. The highest BCUT2D eigenvalue weighted by Crippen LogP contribution is 2.49. The molecule has 310 valence electrons. The van der Waals surface area contributed by atoms with Gasteiger partial charge in [0, 0.05) is 27.4 Å². The number of hydrogen-bond donors (Lipinski definition) is 0. The second-order valence-corrected chi connectivity index (χ2v) is 16.3. The number of nitrogens with zero attached hydrogens (tertiary/aromatic N) is 1. The Kier molecular flexibility index (Phi) is 13.4. The summed E-state index contributed by atoms with van der Waals surface area (Å²) < 4.78 is 7.08. The normalized spacial score (nSPS) is 12.8. The van der Waals surface area contributed by atoms with Gasteiger partial charge in [-0.05, 0) is 118 Å². The number of rotatable bonds is 7. The minimum Gasteiger partial charge on any atom is -0.453 e. The topological polar surface area (TPSA) is 16.4 Å². The molecule has 0 bridgehead atoms. The zero-order valence-corrected chi connectivity index (χ0v) is 37.7. The lowest BCUT2D eigenvalue weighted by Gasteiger charge is -2.29. The highest BCUT2D eigenvalue weighted by molar-refractivity contribution is 6.28. The number of furan rings is 1. The summed E-state index contributed by atoms with van der Waals surface area (Å²) in [5, 5.41) is 10.3. The van der Waals surface area contributed by atoms with E-state index in [1.54, 1.807) is 12.2 Å². The van der Waals surface area contributed by atoms with E-state index in [1.807, 2.05) is 27.7 Å². The van der Waals surface area contributed by atoms with Crippen LogP contribution in [0.5, 0.6) is 0 Å². The van der Waals surface area contributed by atoms with E-state index in [0.717, 1.165) is 44.4 Å². The second kappa shape index (κ2) is 19.1. The van der Waals surface area contributed by atoms with Crippen LogP contribution in [0.2, 0.25) is 0 Å². The summed E-state index contributed by atoms with van der Waals surface area (Å²) in [7, 11) is 0. The van der Waals surface area contributed by atoms with Gasteiger partial charge in [0.2, 0.25) is 0 Å². The maximum Gasteiger partial charge on any atom is 0.159 e. The Labute approximate surface area is 364 Å². The fourth-order valence-electron chi connectivity index (χ4n) is 9.58. The van der Waals surface area contributed by atoms with E-state index in [2.05, 4.69) is 173 Å². The molecule has 2 nitrogen and oxygen atoms in total. The van der Waals surface area contributed by atoms with Crippen LogP contribution in [0, 0.1) is 13.8 Å². The molecule has 0 N–H and O–H groups in total. The monoisotopic (exact) mass is 801 g/mol. The van der Waals surface area contributed by atoms with Crippen LogP contribution in [0.25, 0.3) is 65.4 Å². The second-order valence-electron chi connectivity index (χ2n) is 16.3. The number of hydrogen-bond acceptors (Lipinski definition) is 2. The Morgan fingerprint density at radius 2 is 1.13 bits per heavy atom. The van der Waals surface area contributed by atoms with Crippen molar-refractivity contribution in [1.82, 2.24) is 0 Å². The van der Waals surface area contributed by atoms with E-state index in [4.69, 9.17) is 4.42 Å². The molecule has 10 rings (SSSR count). The van der Waals surface area contributed by atoms with E-state index in [-0.39, 0.29) is 0 Å². The molecule has 0 atom stereocenters. The zero-order chi connectivity index (χ0) is 43.2. The molecule has 8 aromatic carbocycles. The van der Waals surface area contributed by atoms with Gasteiger partial charge in [0.25, 0.3) is 0 Å². The van der Waals surface area contributed by atoms with Gasteiger partial charge >= 0.3 is 0 Å². The predicted molar refractivity (Wildman–Crippen MR) is 270 cm³/mol. The molecule has 1 aliphatic carbocycles. The third kappa shape index (κ3) is 7.97. The Morgan fingerprint density at radius 1 is 0.557 bits per heavy atom. The summed E-state index contributed by atoms with van der Waals surface area (Å²) in [4.78, 5) is 2.48. The molecule has 0 aliphatic heterocycles. The van der Waals surface area contributed by atoms with Crippen LogP contribution in [0.3, 0.4) is 0 Å². The average Bonchev–Trinajstić information content (AvgIpc) is 3.71. The van der Waals surface area contributed by atoms with Crippen LogP contribution in [0.4, 0.5) is 17.1 Å². The van der Waals surface area contributed by atoms with Crippen molar-refractivity contribution in [1.29, 1.82) is 0 Å². The van der Waals surface area contributed by atoms with E-state index in [0.29, 0.717) is 11.8 Å². The summed E-state index contributed by atoms with van der Waals surface area (Å²) >= 11 is 0. The summed E-state index contributed by atoms with van der Waals surface area (Å²) in [6.07, 6.45) is 9.88. The van der Waals surface area contributed by atoms with E-state index in [9.17, 15) is 0 Å². The third-order valence-corrected chi connectivity index (χ3v) is 12.4. The maximum atomic E-state index is 7.08. The number of fused-ring (bicyclic) bond motifs is 3. The molecule has 2 heteroatoms. The number of para-hydroxylation sites is 2. The van der Waals surface area contributed by atoms with Gasteiger partial charge in [0.1, 0.15) is 5.58 Å². The average molecular weight is 802 g/mol. The van der Waals surface area contributed by atoms with E-state index >= 15 is 0 Å². The first-order chi connectivity index (χ1) is 29.9. The summed E-state index contributed by atoms with van der Waals surface area (Å²) in [5.41, 5.74) is 13.0. The first-order valence-corrected chi connectivity index (χ1v) is 22.7. The summed E-state index contributed by atoms with van der Waals surface area (Å²) in [6.45, 7) is 23.9. The van der Waals surface area contributed by atoms with Crippen LogP contribution in [-0.2, 0) is 0 Å². The predicted octanol–water partition coefficient (Wildman–Crippen LogP) is 18.8. The molecule has 1 heterocycles. The van der Waals surface area contributed by atoms with E-state index in [1.165, 1.54) is 92.4 Å². The first-order valence-electron chi connectivity index (χ1n) is 22.7. The Morgan fingerprint density at radius 3 is 1.77 bits per heavy atom. The largest absolute Gasteiger partial charge is 0.453 e. The van der Waals surface area contributed by atoms with Gasteiger partial charge in [-0.3, -0.25) is 0 Å². The van der Waals surface area contributed by atoms with Crippen LogP contribution in [0.15, 0.2) is 157 Å². The third-order valence-electron chi connectivity index (χ3n) is 12.4. The van der Waals surface area contributed by atoms with Crippen molar-refractivity contribution >= 4 is 71.3 Å². The molecule has 1 saturated carbocycles. The number of anilines is 3. The lowest BCUT2D eigenvalue weighted by atomic mass is 9.84. The molecule has 1 fully saturated rings. The van der Waals surface area contributed by atoms with Gasteiger partial charge < -0.3 is 9.32 Å². The van der Waals surface area contributed by atoms with Crippen LogP contribution in [-0.4, -0.2) is 0 Å².